The summed E-state index contributed by atoms with van der Waals surface area (Å²) in [6.45, 7) is 8.34. The van der Waals surface area contributed by atoms with E-state index in [0.717, 1.165) is 12.0 Å². The van der Waals surface area contributed by atoms with Gasteiger partial charge in [-0.25, -0.2) is 9.59 Å². The third kappa shape index (κ3) is 9.18. The van der Waals surface area contributed by atoms with Crippen molar-refractivity contribution < 1.29 is 25.2 Å². The van der Waals surface area contributed by atoms with Gasteiger partial charge in [-0.15, -0.1) is 0 Å². The molecule has 1 aromatic carbocycles. The molecule has 0 aliphatic rings. The molecule has 6 heteroatoms. The van der Waals surface area contributed by atoms with Crippen LogP contribution in [0.5, 0.6) is 5.75 Å². The molecule has 6 nitrogen and oxygen atoms in total. The van der Waals surface area contributed by atoms with Crippen molar-refractivity contribution in [3.05, 3.63) is 42.0 Å². The first-order valence-corrected chi connectivity index (χ1v) is 7.98. The van der Waals surface area contributed by atoms with E-state index in [1.54, 1.807) is 31.2 Å². The first-order chi connectivity index (χ1) is 12.0. The number of rotatable bonds is 8. The first kappa shape index (κ1) is 20.3. The third-order valence-electron chi connectivity index (χ3n) is 2.77. The van der Waals surface area contributed by atoms with Crippen molar-refractivity contribution in [2.45, 2.75) is 20.3 Å². The van der Waals surface area contributed by atoms with Crippen LogP contribution in [0, 0.1) is 11.8 Å². The Hall–Kier alpha value is -2.78. The third-order valence-corrected chi connectivity index (χ3v) is 2.77. The molecule has 0 saturated carbocycles. The van der Waals surface area contributed by atoms with Crippen LogP contribution in [0.1, 0.15) is 27.3 Å². The lowest BCUT2D eigenvalue weighted by molar-refractivity contribution is -0.138. The van der Waals surface area contributed by atoms with Gasteiger partial charge in [-0.3, -0.25) is 0 Å². The Morgan fingerprint density at radius 1 is 1.24 bits per heavy atom. The molecule has 0 radical (unpaired) electrons. The Labute approximate surface area is 149 Å². The zero-order valence-corrected chi connectivity index (χ0v) is 14.6. The molecule has 0 aliphatic heterocycles. The molecule has 0 atom stereocenters. The molecule has 0 aromatic heterocycles. The summed E-state index contributed by atoms with van der Waals surface area (Å²) >= 11 is 0. The quantitative estimate of drug-likeness (QED) is 0.339. The summed E-state index contributed by atoms with van der Waals surface area (Å²) in [6, 6.07) is 6.81. The second kappa shape index (κ2) is 11.7. The van der Waals surface area contributed by atoms with Crippen molar-refractivity contribution in [1.29, 1.82) is 0 Å². The van der Waals surface area contributed by atoms with Crippen molar-refractivity contribution in [1.82, 2.24) is 5.32 Å². The van der Waals surface area contributed by atoms with Crippen LogP contribution in [-0.4, -0.2) is 38.4 Å². The van der Waals surface area contributed by atoms with Gasteiger partial charge >= 0.3 is 12.1 Å². The van der Waals surface area contributed by atoms with Gasteiger partial charge in [0.2, 0.25) is 0 Å². The zero-order chi connectivity index (χ0) is 18.5. The Balaban J connectivity index is 0.00000625. The minimum atomic E-state index is -0.627. The molecule has 1 aromatic rings. The van der Waals surface area contributed by atoms with Gasteiger partial charge in [-0.05, 0) is 37.6 Å². The van der Waals surface area contributed by atoms with Crippen LogP contribution >= 0.6 is 0 Å². The Bertz CT molecular complexity index is 646. The maximum Gasteiger partial charge on any atom is 0.412 e. The summed E-state index contributed by atoms with van der Waals surface area (Å²) in [5.74, 6) is 5.77. The van der Waals surface area contributed by atoms with E-state index >= 15 is 0 Å². The highest BCUT2D eigenvalue weighted by Gasteiger charge is 2.05. The lowest BCUT2D eigenvalue weighted by atomic mass is 10.2. The molecule has 0 fully saturated rings. The monoisotopic (exact) mass is 347 g/mol. The van der Waals surface area contributed by atoms with Crippen molar-refractivity contribution in [3.63, 3.8) is 0 Å². The van der Waals surface area contributed by atoms with Crippen LogP contribution in [-0.2, 0) is 14.3 Å². The van der Waals surface area contributed by atoms with Crippen molar-refractivity contribution >= 4 is 12.1 Å². The van der Waals surface area contributed by atoms with Crippen LogP contribution in [0.15, 0.2) is 36.4 Å². The van der Waals surface area contributed by atoms with Gasteiger partial charge in [0, 0.05) is 19.2 Å². The molecule has 0 aliphatic carbocycles. The van der Waals surface area contributed by atoms with E-state index in [4.69, 9.17) is 14.2 Å². The summed E-state index contributed by atoms with van der Waals surface area (Å²) in [4.78, 5) is 22.8. The van der Waals surface area contributed by atoms with Gasteiger partial charge < -0.3 is 19.5 Å². The smallest absolute Gasteiger partial charge is 0.412 e. The molecule has 1 N–H and O–H groups in total. The van der Waals surface area contributed by atoms with E-state index in [1.807, 2.05) is 6.92 Å². The fourth-order valence-electron chi connectivity index (χ4n) is 1.58. The summed E-state index contributed by atoms with van der Waals surface area (Å²) in [5.41, 5.74) is 1.11. The molecule has 0 unspecified atom stereocenters. The summed E-state index contributed by atoms with van der Waals surface area (Å²) in [6.07, 6.45) is 0.338. The second-order valence-corrected chi connectivity index (χ2v) is 5.11. The fourth-order valence-corrected chi connectivity index (χ4v) is 1.58. The zero-order valence-electron chi connectivity index (χ0n) is 14.6. The number of amides is 1. The van der Waals surface area contributed by atoms with Crippen LogP contribution in [0.25, 0.3) is 0 Å². The molecule has 0 spiro atoms. The highest BCUT2D eigenvalue weighted by Crippen LogP contribution is 2.11. The van der Waals surface area contributed by atoms with Crippen molar-refractivity contribution in [2.75, 3.05) is 26.4 Å². The predicted molar refractivity (Wildman–Crippen MR) is 96.3 cm³/mol. The number of esters is 1. The minimum Gasteiger partial charge on any atom is -0.460 e. The average molecular weight is 347 g/mol. The van der Waals surface area contributed by atoms with Crippen LogP contribution in [0.2, 0.25) is 0 Å². The number of carbonyl (C=O) groups excluding carboxylic acids is 2. The molecule has 1 rings (SSSR count). The van der Waals surface area contributed by atoms with Gasteiger partial charge in [0.1, 0.15) is 19.0 Å². The maximum absolute atomic E-state index is 11.6. The summed E-state index contributed by atoms with van der Waals surface area (Å²) < 4.78 is 15.2. The predicted octanol–water partition coefficient (Wildman–Crippen LogP) is 2.92. The van der Waals surface area contributed by atoms with Crippen molar-refractivity contribution in [3.8, 4) is 17.6 Å². The molecule has 136 valence electrons. The van der Waals surface area contributed by atoms with E-state index in [0.29, 0.717) is 24.5 Å². The van der Waals surface area contributed by atoms with Crippen molar-refractivity contribution in [2.24, 2.45) is 0 Å². The largest absolute Gasteiger partial charge is 0.460 e. The topological polar surface area (TPSA) is 73.9 Å². The normalized spacial score (nSPS) is 9.52. The van der Waals surface area contributed by atoms with Crippen LogP contribution in [0.3, 0.4) is 0 Å². The molecule has 0 bridgehead atoms. The number of benzene rings is 1. The Morgan fingerprint density at radius 2 is 1.96 bits per heavy atom. The highest BCUT2D eigenvalue weighted by molar-refractivity contribution is 5.86. The Kier molecular flexibility index (Phi) is 9.49. The number of nitrogens with one attached hydrogen (secondary N) is 1. The standard InChI is InChI=1S/C19H23NO5.H2/c1-4-12-23-13-5-6-16-7-9-17(10-8-16)25-19(22)20-11-14-24-18(21)15(2)3;/h7-10H,2,4,11-14H2,1,3H3,(H,20,22);1H. The lowest BCUT2D eigenvalue weighted by Crippen LogP contribution is -2.30. The van der Waals surface area contributed by atoms with E-state index in [9.17, 15) is 9.59 Å². The average Bonchev–Trinajstić information content (AvgIpc) is 2.59. The van der Waals surface area contributed by atoms with Crippen LogP contribution < -0.4 is 10.1 Å². The summed E-state index contributed by atoms with van der Waals surface area (Å²) in [7, 11) is 0. The molecule has 1 amide bonds. The van der Waals surface area contributed by atoms with E-state index in [2.05, 4.69) is 23.7 Å². The molecule has 0 saturated heterocycles. The SMILES string of the molecule is C=C(C)C(=O)OCCNC(=O)Oc1ccc(C#CCOCCC)cc1.[HH]. The van der Waals surface area contributed by atoms with Crippen LogP contribution in [0.4, 0.5) is 4.79 Å². The molecule has 0 heterocycles. The lowest BCUT2D eigenvalue weighted by Gasteiger charge is -2.07. The minimum absolute atomic E-state index is 0. The number of carbonyl (C=O) groups is 2. The van der Waals surface area contributed by atoms with E-state index in [1.165, 1.54) is 0 Å². The molecule has 25 heavy (non-hydrogen) atoms. The molecular formula is C19H25NO5. The molecular weight excluding hydrogens is 322 g/mol. The first-order valence-electron chi connectivity index (χ1n) is 7.98. The number of hydrogen-bond donors (Lipinski definition) is 1. The van der Waals surface area contributed by atoms with Gasteiger partial charge in [0.05, 0.1) is 6.54 Å². The maximum atomic E-state index is 11.6. The van der Waals surface area contributed by atoms with Gasteiger partial charge in [0.15, 0.2) is 0 Å². The fraction of sp³-hybridized carbons (Fsp3) is 0.368. The van der Waals surface area contributed by atoms with Gasteiger partial charge in [0.25, 0.3) is 0 Å². The van der Waals surface area contributed by atoms with E-state index in [-0.39, 0.29) is 14.6 Å². The summed E-state index contributed by atoms with van der Waals surface area (Å²) in [5, 5.41) is 2.48. The number of hydrogen-bond acceptors (Lipinski definition) is 5. The Morgan fingerprint density at radius 3 is 2.60 bits per heavy atom. The van der Waals surface area contributed by atoms with Gasteiger partial charge in [-0.2, -0.15) is 0 Å². The number of ether oxygens (including phenoxy) is 3. The van der Waals surface area contributed by atoms with Gasteiger partial charge in [-0.1, -0.05) is 25.3 Å². The highest BCUT2D eigenvalue weighted by atomic mass is 16.6. The van der Waals surface area contributed by atoms with E-state index < -0.39 is 12.1 Å². The second-order valence-electron chi connectivity index (χ2n) is 5.11.